The zero-order chi connectivity index (χ0) is 21.6. The number of benzene rings is 2. The third-order valence-corrected chi connectivity index (χ3v) is 5.29. The molecular formula is C21H28N2O5S. The molecule has 2 aromatic rings. The lowest BCUT2D eigenvalue weighted by Crippen LogP contribution is -2.41. The average Bonchev–Trinajstić information content (AvgIpc) is 2.64. The molecule has 0 bridgehead atoms. The van der Waals surface area contributed by atoms with Crippen molar-refractivity contribution in [1.82, 2.24) is 5.32 Å². The molecular weight excluding hydrogens is 392 g/mol. The van der Waals surface area contributed by atoms with Crippen LogP contribution in [0.4, 0.5) is 5.69 Å². The number of nitrogens with one attached hydrogen (secondary N) is 1. The van der Waals surface area contributed by atoms with Gasteiger partial charge in [0.1, 0.15) is 18.0 Å². The van der Waals surface area contributed by atoms with E-state index in [9.17, 15) is 13.2 Å². The second kappa shape index (κ2) is 9.65. The van der Waals surface area contributed by atoms with Crippen LogP contribution in [0.2, 0.25) is 0 Å². The van der Waals surface area contributed by atoms with E-state index in [1.807, 2.05) is 39.0 Å². The fourth-order valence-electron chi connectivity index (χ4n) is 2.90. The molecule has 158 valence electrons. The molecule has 0 saturated heterocycles. The van der Waals surface area contributed by atoms with Gasteiger partial charge in [0.05, 0.1) is 31.2 Å². The van der Waals surface area contributed by atoms with Gasteiger partial charge < -0.3 is 14.8 Å². The Hall–Kier alpha value is -2.74. The lowest BCUT2D eigenvalue weighted by molar-refractivity contribution is -0.120. The molecule has 0 radical (unpaired) electrons. The van der Waals surface area contributed by atoms with Gasteiger partial charge in [0.15, 0.2) is 0 Å². The summed E-state index contributed by atoms with van der Waals surface area (Å²) >= 11 is 0. The molecule has 0 heterocycles. The third kappa shape index (κ3) is 6.39. The number of hydrogen-bond acceptors (Lipinski definition) is 5. The van der Waals surface area contributed by atoms with Gasteiger partial charge in [-0.15, -0.1) is 0 Å². The molecule has 0 aliphatic carbocycles. The zero-order valence-corrected chi connectivity index (χ0v) is 18.2. The maximum Gasteiger partial charge on any atom is 0.241 e. The molecule has 29 heavy (non-hydrogen) atoms. The SMILES string of the molecule is COc1ccccc1[C@@H](C)NC(=O)CN(c1cccc(OC(C)C)c1)S(C)(=O)=O. The van der Waals surface area contributed by atoms with Crippen molar-refractivity contribution >= 4 is 21.6 Å². The number of rotatable bonds is 9. The van der Waals surface area contributed by atoms with E-state index in [-0.39, 0.29) is 18.7 Å². The van der Waals surface area contributed by atoms with Gasteiger partial charge in [0.25, 0.3) is 0 Å². The Kier molecular flexibility index (Phi) is 7.50. The van der Waals surface area contributed by atoms with Gasteiger partial charge in [-0.25, -0.2) is 8.42 Å². The molecule has 2 aromatic carbocycles. The quantitative estimate of drug-likeness (QED) is 0.674. The first-order chi connectivity index (χ1) is 13.6. The summed E-state index contributed by atoms with van der Waals surface area (Å²) < 4.78 is 36.7. The van der Waals surface area contributed by atoms with Crippen LogP contribution in [0.3, 0.4) is 0 Å². The summed E-state index contributed by atoms with van der Waals surface area (Å²) in [6.07, 6.45) is 1.02. The van der Waals surface area contributed by atoms with E-state index in [1.165, 1.54) is 0 Å². The Morgan fingerprint density at radius 3 is 2.41 bits per heavy atom. The number of carbonyl (C=O) groups is 1. The first-order valence-corrected chi connectivity index (χ1v) is 11.1. The maximum atomic E-state index is 12.6. The highest BCUT2D eigenvalue weighted by Gasteiger charge is 2.23. The fraction of sp³-hybridized carbons (Fsp3) is 0.381. The van der Waals surface area contributed by atoms with E-state index in [2.05, 4.69) is 5.32 Å². The fourth-order valence-corrected chi connectivity index (χ4v) is 3.75. The van der Waals surface area contributed by atoms with E-state index in [1.54, 1.807) is 37.4 Å². The van der Waals surface area contributed by atoms with Crippen LogP contribution in [0.15, 0.2) is 48.5 Å². The molecule has 0 saturated carbocycles. The molecule has 1 amide bonds. The number of methoxy groups -OCH3 is 1. The molecule has 0 aromatic heterocycles. The van der Waals surface area contributed by atoms with Gasteiger partial charge >= 0.3 is 0 Å². The summed E-state index contributed by atoms with van der Waals surface area (Å²) in [6.45, 7) is 5.24. The monoisotopic (exact) mass is 420 g/mol. The number of carbonyl (C=O) groups excluding carboxylic acids is 1. The molecule has 0 fully saturated rings. The molecule has 0 aliphatic heterocycles. The summed E-state index contributed by atoms with van der Waals surface area (Å²) in [5.74, 6) is 0.761. The van der Waals surface area contributed by atoms with E-state index < -0.39 is 15.9 Å². The van der Waals surface area contributed by atoms with E-state index in [4.69, 9.17) is 9.47 Å². The minimum Gasteiger partial charge on any atom is -0.496 e. The maximum absolute atomic E-state index is 12.6. The van der Waals surface area contributed by atoms with Gasteiger partial charge in [-0.05, 0) is 39.0 Å². The molecule has 0 spiro atoms. The van der Waals surface area contributed by atoms with E-state index in [0.29, 0.717) is 17.2 Å². The van der Waals surface area contributed by atoms with Crippen molar-refractivity contribution in [1.29, 1.82) is 0 Å². The number of hydrogen-bond donors (Lipinski definition) is 1. The van der Waals surface area contributed by atoms with Gasteiger partial charge in [-0.3, -0.25) is 9.10 Å². The summed E-state index contributed by atoms with van der Waals surface area (Å²) in [5, 5.41) is 2.83. The lowest BCUT2D eigenvalue weighted by Gasteiger charge is -2.24. The lowest BCUT2D eigenvalue weighted by atomic mass is 10.1. The number of amides is 1. The average molecular weight is 421 g/mol. The highest BCUT2D eigenvalue weighted by molar-refractivity contribution is 7.92. The second-order valence-electron chi connectivity index (χ2n) is 6.96. The number of para-hydroxylation sites is 1. The van der Waals surface area contributed by atoms with Crippen LogP contribution in [0, 0.1) is 0 Å². The summed E-state index contributed by atoms with van der Waals surface area (Å²) in [7, 11) is -2.12. The molecule has 7 nitrogen and oxygen atoms in total. The zero-order valence-electron chi connectivity index (χ0n) is 17.4. The van der Waals surface area contributed by atoms with Crippen molar-refractivity contribution in [3.05, 3.63) is 54.1 Å². The number of ether oxygens (including phenoxy) is 2. The van der Waals surface area contributed by atoms with E-state index in [0.717, 1.165) is 16.1 Å². The van der Waals surface area contributed by atoms with Gasteiger partial charge in [0.2, 0.25) is 15.9 Å². The van der Waals surface area contributed by atoms with Crippen molar-refractivity contribution in [2.24, 2.45) is 0 Å². The van der Waals surface area contributed by atoms with Crippen LogP contribution in [0.25, 0.3) is 0 Å². The van der Waals surface area contributed by atoms with Gasteiger partial charge in [-0.1, -0.05) is 24.3 Å². The number of anilines is 1. The first kappa shape index (κ1) is 22.5. The van der Waals surface area contributed by atoms with Crippen LogP contribution in [-0.4, -0.2) is 40.3 Å². The standard InChI is InChI=1S/C21H28N2O5S/c1-15(2)28-18-10-8-9-17(13-18)23(29(5,25)26)14-21(24)22-16(3)19-11-6-7-12-20(19)27-4/h6-13,15-16H,14H2,1-5H3,(H,22,24)/t16-/m1/s1. The molecule has 1 atom stereocenters. The van der Waals surface area contributed by atoms with Crippen molar-refractivity contribution in [2.45, 2.75) is 32.9 Å². The molecule has 2 rings (SSSR count). The second-order valence-corrected chi connectivity index (χ2v) is 8.87. The van der Waals surface area contributed by atoms with Crippen LogP contribution >= 0.6 is 0 Å². The van der Waals surface area contributed by atoms with Crippen LogP contribution in [0.1, 0.15) is 32.4 Å². The Morgan fingerprint density at radius 2 is 1.79 bits per heavy atom. The van der Waals surface area contributed by atoms with Crippen LogP contribution in [-0.2, 0) is 14.8 Å². The Morgan fingerprint density at radius 1 is 1.10 bits per heavy atom. The third-order valence-electron chi connectivity index (χ3n) is 4.15. The minimum atomic E-state index is -3.68. The molecule has 0 unspecified atom stereocenters. The highest BCUT2D eigenvalue weighted by atomic mass is 32.2. The largest absolute Gasteiger partial charge is 0.496 e. The van der Waals surface area contributed by atoms with Crippen molar-refractivity contribution < 1.29 is 22.7 Å². The first-order valence-electron chi connectivity index (χ1n) is 9.28. The normalized spacial score (nSPS) is 12.3. The predicted octanol–water partition coefficient (Wildman–Crippen LogP) is 3.13. The van der Waals surface area contributed by atoms with Crippen molar-refractivity contribution in [2.75, 3.05) is 24.2 Å². The Balaban J connectivity index is 2.20. The van der Waals surface area contributed by atoms with E-state index >= 15 is 0 Å². The summed E-state index contributed by atoms with van der Waals surface area (Å²) in [6, 6.07) is 13.7. The molecule has 0 aliphatic rings. The smallest absolute Gasteiger partial charge is 0.241 e. The molecule has 1 N–H and O–H groups in total. The topological polar surface area (TPSA) is 84.9 Å². The van der Waals surface area contributed by atoms with Crippen LogP contribution < -0.4 is 19.1 Å². The summed E-state index contributed by atoms with van der Waals surface area (Å²) in [4.78, 5) is 12.6. The molecule has 8 heteroatoms. The number of sulfonamides is 1. The Bertz CT molecular complexity index is 944. The van der Waals surface area contributed by atoms with Crippen LogP contribution in [0.5, 0.6) is 11.5 Å². The van der Waals surface area contributed by atoms with Gasteiger partial charge in [0, 0.05) is 11.6 Å². The van der Waals surface area contributed by atoms with Crippen molar-refractivity contribution in [3.8, 4) is 11.5 Å². The van der Waals surface area contributed by atoms with Gasteiger partial charge in [-0.2, -0.15) is 0 Å². The number of nitrogens with zero attached hydrogens (tertiary/aromatic N) is 1. The predicted molar refractivity (Wildman–Crippen MR) is 114 cm³/mol. The minimum absolute atomic E-state index is 0.0538. The summed E-state index contributed by atoms with van der Waals surface area (Å²) in [5.41, 5.74) is 1.17. The Labute approximate surface area is 172 Å². The highest BCUT2D eigenvalue weighted by Crippen LogP contribution is 2.26. The van der Waals surface area contributed by atoms with Crippen molar-refractivity contribution in [3.63, 3.8) is 0 Å².